The average molecular weight is 492 g/mol. The highest BCUT2D eigenvalue weighted by Gasteiger charge is 2.25. The van der Waals surface area contributed by atoms with Gasteiger partial charge in [-0.15, -0.1) is 0 Å². The topological polar surface area (TPSA) is 92.3 Å². The number of nitrogens with one attached hydrogen (secondary N) is 1. The fourth-order valence-corrected chi connectivity index (χ4v) is 3.54. The van der Waals surface area contributed by atoms with Crippen LogP contribution in [0.3, 0.4) is 0 Å². The highest BCUT2D eigenvalue weighted by Crippen LogP contribution is 2.38. The van der Waals surface area contributed by atoms with Crippen LogP contribution in [0.1, 0.15) is 22.8 Å². The molecule has 0 unspecified atom stereocenters. The van der Waals surface area contributed by atoms with Gasteiger partial charge in [0.2, 0.25) is 11.9 Å². The maximum absolute atomic E-state index is 13.2. The number of carbonyl (C=O) groups excluding carboxylic acids is 2. The van der Waals surface area contributed by atoms with Gasteiger partial charge < -0.3 is 29.0 Å². The van der Waals surface area contributed by atoms with E-state index in [4.69, 9.17) is 23.7 Å². The Labute approximate surface area is 210 Å². The first-order valence-corrected chi connectivity index (χ1v) is 11.1. The van der Waals surface area contributed by atoms with Crippen LogP contribution < -0.4 is 24.3 Å². The number of hydrogen-bond donors (Lipinski definition) is 1. The monoisotopic (exact) mass is 491 g/mol. The Morgan fingerprint density at radius 2 is 1.44 bits per heavy atom. The van der Waals surface area contributed by atoms with Crippen LogP contribution in [-0.2, 0) is 14.3 Å². The predicted molar refractivity (Wildman–Crippen MR) is 137 cm³/mol. The Balaban J connectivity index is 1.84. The highest BCUT2D eigenvalue weighted by atomic mass is 16.5. The summed E-state index contributed by atoms with van der Waals surface area (Å²) in [4.78, 5) is 26.0. The lowest BCUT2D eigenvalue weighted by molar-refractivity contribution is -0.149. The third-order valence-electron chi connectivity index (χ3n) is 5.29. The molecule has 8 nitrogen and oxygen atoms in total. The van der Waals surface area contributed by atoms with E-state index in [-0.39, 0.29) is 0 Å². The number of benzene rings is 3. The largest absolute Gasteiger partial charge is 0.495 e. The van der Waals surface area contributed by atoms with E-state index >= 15 is 0 Å². The molecular weight excluding hydrogens is 462 g/mol. The Morgan fingerprint density at radius 3 is 2.03 bits per heavy atom. The second kappa shape index (κ2) is 12.3. The molecule has 1 N–H and O–H groups in total. The first-order valence-electron chi connectivity index (χ1n) is 11.1. The van der Waals surface area contributed by atoms with Crippen molar-refractivity contribution in [1.29, 1.82) is 0 Å². The maximum Gasteiger partial charge on any atom is 0.331 e. The minimum atomic E-state index is -1.19. The first-order chi connectivity index (χ1) is 17.4. The van der Waals surface area contributed by atoms with Crippen molar-refractivity contribution in [1.82, 2.24) is 0 Å². The summed E-state index contributed by atoms with van der Waals surface area (Å²) in [6.07, 6.45) is 1.58. The van der Waals surface area contributed by atoms with Gasteiger partial charge in [0.05, 0.1) is 34.1 Å². The van der Waals surface area contributed by atoms with Crippen LogP contribution in [0.15, 0.2) is 66.7 Å². The smallest absolute Gasteiger partial charge is 0.331 e. The Bertz CT molecular complexity index is 1210. The fourth-order valence-electron chi connectivity index (χ4n) is 3.54. The summed E-state index contributed by atoms with van der Waals surface area (Å²) in [7, 11) is 6.04. The molecule has 1 amide bonds. The summed E-state index contributed by atoms with van der Waals surface area (Å²) in [6, 6.07) is 17.6. The molecule has 188 valence electrons. The van der Waals surface area contributed by atoms with Crippen LogP contribution in [0.5, 0.6) is 23.0 Å². The van der Waals surface area contributed by atoms with Crippen LogP contribution in [0, 0.1) is 6.92 Å². The van der Waals surface area contributed by atoms with Crippen LogP contribution >= 0.6 is 0 Å². The lowest BCUT2D eigenvalue weighted by Crippen LogP contribution is -2.25. The van der Waals surface area contributed by atoms with Gasteiger partial charge in [-0.05, 0) is 48.4 Å². The number of hydrogen-bond acceptors (Lipinski definition) is 7. The number of aryl methyl sites for hydroxylation is 1. The van der Waals surface area contributed by atoms with Crippen LogP contribution in [0.2, 0.25) is 0 Å². The summed E-state index contributed by atoms with van der Waals surface area (Å²) < 4.78 is 26.9. The van der Waals surface area contributed by atoms with E-state index in [1.54, 1.807) is 48.5 Å². The fraction of sp³-hybridized carbons (Fsp3) is 0.214. The zero-order chi connectivity index (χ0) is 26.1. The normalized spacial score (nSPS) is 11.5. The molecule has 3 aromatic rings. The number of rotatable bonds is 10. The van der Waals surface area contributed by atoms with Gasteiger partial charge in [-0.1, -0.05) is 36.4 Å². The summed E-state index contributed by atoms with van der Waals surface area (Å²) in [6.45, 7) is 1.90. The van der Waals surface area contributed by atoms with E-state index in [0.29, 0.717) is 39.8 Å². The van der Waals surface area contributed by atoms with Crippen molar-refractivity contribution in [2.45, 2.75) is 13.0 Å². The second-order valence-electron chi connectivity index (χ2n) is 7.71. The van der Waals surface area contributed by atoms with Gasteiger partial charge in [0.15, 0.2) is 11.5 Å². The van der Waals surface area contributed by atoms with Crippen molar-refractivity contribution in [3.05, 3.63) is 83.4 Å². The van der Waals surface area contributed by atoms with Crippen molar-refractivity contribution in [2.75, 3.05) is 33.8 Å². The van der Waals surface area contributed by atoms with E-state index in [0.717, 1.165) is 5.56 Å². The number of esters is 1. The van der Waals surface area contributed by atoms with Crippen LogP contribution in [0.4, 0.5) is 5.69 Å². The molecule has 8 heteroatoms. The number of ether oxygens (including phenoxy) is 5. The molecule has 1 atom stereocenters. The summed E-state index contributed by atoms with van der Waals surface area (Å²) >= 11 is 0. The maximum atomic E-state index is 13.2. The van der Waals surface area contributed by atoms with Gasteiger partial charge in [-0.3, -0.25) is 4.79 Å². The van der Waals surface area contributed by atoms with Crippen molar-refractivity contribution in [3.63, 3.8) is 0 Å². The van der Waals surface area contributed by atoms with Gasteiger partial charge in [-0.25, -0.2) is 4.79 Å². The number of carbonyl (C=O) groups is 2. The molecule has 0 fully saturated rings. The molecule has 0 aromatic heterocycles. The third kappa shape index (κ3) is 6.35. The molecule has 0 saturated carbocycles. The molecule has 0 aliphatic heterocycles. The van der Waals surface area contributed by atoms with Crippen molar-refractivity contribution in [3.8, 4) is 23.0 Å². The molecule has 0 saturated heterocycles. The molecule has 0 aliphatic rings. The van der Waals surface area contributed by atoms with Crippen molar-refractivity contribution in [2.24, 2.45) is 0 Å². The number of anilines is 1. The standard InChI is InChI=1S/C28H29NO7/c1-18-11-13-22(32-2)21(15-18)29-28(31)26(20-9-7-6-8-10-20)36-25(30)14-12-19-16-23(33-3)27(35-5)24(17-19)34-4/h6-17,26H,1-5H3,(H,29,31)/b14-12+/t26-/m0/s1. The quantitative estimate of drug-likeness (QED) is 0.316. The summed E-state index contributed by atoms with van der Waals surface area (Å²) in [5, 5.41) is 2.81. The first kappa shape index (κ1) is 26.2. The van der Waals surface area contributed by atoms with Gasteiger partial charge in [0.1, 0.15) is 5.75 Å². The van der Waals surface area contributed by atoms with E-state index in [1.807, 2.05) is 19.1 Å². The van der Waals surface area contributed by atoms with Crippen molar-refractivity contribution >= 4 is 23.6 Å². The molecule has 0 heterocycles. The van der Waals surface area contributed by atoms with E-state index in [1.165, 1.54) is 40.6 Å². The average Bonchev–Trinajstić information content (AvgIpc) is 2.90. The molecule has 0 spiro atoms. The zero-order valence-electron chi connectivity index (χ0n) is 20.9. The predicted octanol–water partition coefficient (Wildman–Crippen LogP) is 4.97. The Kier molecular flexibility index (Phi) is 8.94. The van der Waals surface area contributed by atoms with Crippen molar-refractivity contribution < 1.29 is 33.3 Å². The minimum absolute atomic E-state index is 0.437. The minimum Gasteiger partial charge on any atom is -0.495 e. The van der Waals surface area contributed by atoms with E-state index in [9.17, 15) is 9.59 Å². The summed E-state index contributed by atoms with van der Waals surface area (Å²) in [5.74, 6) is 0.599. The molecule has 36 heavy (non-hydrogen) atoms. The molecule has 0 aliphatic carbocycles. The van der Waals surface area contributed by atoms with Crippen LogP contribution in [-0.4, -0.2) is 40.3 Å². The van der Waals surface area contributed by atoms with E-state index in [2.05, 4.69) is 5.32 Å². The van der Waals surface area contributed by atoms with E-state index < -0.39 is 18.0 Å². The lowest BCUT2D eigenvalue weighted by atomic mass is 10.1. The van der Waals surface area contributed by atoms with Gasteiger partial charge in [0, 0.05) is 11.6 Å². The third-order valence-corrected chi connectivity index (χ3v) is 5.29. The zero-order valence-corrected chi connectivity index (χ0v) is 20.9. The molecule has 3 aromatic carbocycles. The molecule has 0 radical (unpaired) electrons. The van der Waals surface area contributed by atoms with Crippen LogP contribution in [0.25, 0.3) is 6.08 Å². The SMILES string of the molecule is COc1ccc(C)cc1NC(=O)[C@@H](OC(=O)/C=C/c1cc(OC)c(OC)c(OC)c1)c1ccccc1. The molecule has 0 bridgehead atoms. The molecular formula is C28H29NO7. The highest BCUT2D eigenvalue weighted by molar-refractivity contribution is 5.98. The number of amides is 1. The summed E-state index contributed by atoms with van der Waals surface area (Å²) in [5.41, 5.74) is 2.56. The van der Waals surface area contributed by atoms with Gasteiger partial charge in [0.25, 0.3) is 5.91 Å². The van der Waals surface area contributed by atoms with Gasteiger partial charge in [-0.2, -0.15) is 0 Å². The Hall–Kier alpha value is -4.46. The van der Waals surface area contributed by atoms with Gasteiger partial charge >= 0.3 is 5.97 Å². The second-order valence-corrected chi connectivity index (χ2v) is 7.71. The molecule has 3 rings (SSSR count). The Morgan fingerprint density at radius 1 is 0.806 bits per heavy atom. The number of methoxy groups -OCH3 is 4. The lowest BCUT2D eigenvalue weighted by Gasteiger charge is -2.18.